The largest absolute Gasteiger partial charge is 0.467 e. The minimum Gasteiger partial charge on any atom is -0.467 e. The predicted octanol–water partition coefficient (Wildman–Crippen LogP) is 3.39. The van der Waals surface area contributed by atoms with Crippen molar-refractivity contribution in [3.05, 3.63) is 78.3 Å². The monoisotopic (exact) mass is 380 g/mol. The SMILES string of the molecule is O=C(c1cc(NCc2ccco2)ccn1)N1CCN(c2ccc(F)cc2)CC1. The van der Waals surface area contributed by atoms with Crippen LogP contribution in [0.1, 0.15) is 16.2 Å². The first-order chi connectivity index (χ1) is 13.7. The van der Waals surface area contributed by atoms with Gasteiger partial charge in [-0.2, -0.15) is 0 Å². The summed E-state index contributed by atoms with van der Waals surface area (Å²) < 4.78 is 18.4. The number of piperazine rings is 1. The highest BCUT2D eigenvalue weighted by molar-refractivity contribution is 5.93. The van der Waals surface area contributed by atoms with Crippen LogP contribution in [0, 0.1) is 5.82 Å². The molecule has 3 aromatic rings. The molecule has 0 spiro atoms. The van der Waals surface area contributed by atoms with Crippen molar-refractivity contribution >= 4 is 17.3 Å². The zero-order valence-electron chi connectivity index (χ0n) is 15.3. The maximum atomic E-state index is 13.1. The van der Waals surface area contributed by atoms with Crippen LogP contribution in [0.4, 0.5) is 15.8 Å². The molecule has 2 aromatic heterocycles. The summed E-state index contributed by atoms with van der Waals surface area (Å²) in [6, 6.07) is 13.8. The van der Waals surface area contributed by atoms with Gasteiger partial charge in [0.25, 0.3) is 5.91 Å². The Kier molecular flexibility index (Phi) is 5.23. The van der Waals surface area contributed by atoms with Gasteiger partial charge in [0.1, 0.15) is 17.3 Å². The quantitative estimate of drug-likeness (QED) is 0.735. The summed E-state index contributed by atoms with van der Waals surface area (Å²) >= 11 is 0. The van der Waals surface area contributed by atoms with Gasteiger partial charge in [0, 0.05) is 43.8 Å². The van der Waals surface area contributed by atoms with Crippen LogP contribution >= 0.6 is 0 Å². The number of pyridine rings is 1. The fraction of sp³-hybridized carbons (Fsp3) is 0.238. The molecule has 1 aliphatic rings. The molecule has 0 saturated carbocycles. The third-order valence-electron chi connectivity index (χ3n) is 4.78. The molecule has 1 aromatic carbocycles. The van der Waals surface area contributed by atoms with Gasteiger partial charge in [-0.25, -0.2) is 4.39 Å². The highest BCUT2D eigenvalue weighted by atomic mass is 19.1. The Morgan fingerprint density at radius 2 is 1.89 bits per heavy atom. The van der Waals surface area contributed by atoms with E-state index in [-0.39, 0.29) is 11.7 Å². The van der Waals surface area contributed by atoms with E-state index in [0.717, 1.165) is 17.1 Å². The van der Waals surface area contributed by atoms with Crippen LogP contribution in [0.15, 0.2) is 65.4 Å². The molecular weight excluding hydrogens is 359 g/mol. The Hall–Kier alpha value is -3.35. The zero-order chi connectivity index (χ0) is 19.3. The number of amides is 1. The van der Waals surface area contributed by atoms with Crippen molar-refractivity contribution in [2.75, 3.05) is 36.4 Å². The standard InChI is InChI=1S/C21H21FN4O2/c22-16-3-5-18(6-4-16)25-9-11-26(12-10-25)21(27)20-14-17(7-8-23-20)24-15-19-2-1-13-28-19/h1-8,13-14H,9-12,15H2,(H,23,24). The maximum Gasteiger partial charge on any atom is 0.272 e. The number of aromatic nitrogens is 1. The summed E-state index contributed by atoms with van der Waals surface area (Å²) in [5, 5.41) is 3.23. The molecule has 28 heavy (non-hydrogen) atoms. The van der Waals surface area contributed by atoms with Crippen LogP contribution in [0.25, 0.3) is 0 Å². The summed E-state index contributed by atoms with van der Waals surface area (Å²) in [7, 11) is 0. The number of rotatable bonds is 5. The Bertz CT molecular complexity index is 920. The predicted molar refractivity (Wildman–Crippen MR) is 105 cm³/mol. The molecule has 144 valence electrons. The van der Waals surface area contributed by atoms with Gasteiger partial charge in [-0.05, 0) is 48.5 Å². The second-order valence-electron chi connectivity index (χ2n) is 6.62. The number of nitrogens with one attached hydrogen (secondary N) is 1. The number of nitrogens with zero attached hydrogens (tertiary/aromatic N) is 3. The van der Waals surface area contributed by atoms with Crippen molar-refractivity contribution in [1.82, 2.24) is 9.88 Å². The molecule has 1 N–H and O–H groups in total. The first-order valence-corrected chi connectivity index (χ1v) is 9.21. The summed E-state index contributed by atoms with van der Waals surface area (Å²) in [5.41, 5.74) is 2.20. The molecule has 3 heterocycles. The van der Waals surface area contributed by atoms with Crippen LogP contribution in [-0.4, -0.2) is 42.0 Å². The number of hydrogen-bond donors (Lipinski definition) is 1. The lowest BCUT2D eigenvalue weighted by Gasteiger charge is -2.36. The van der Waals surface area contributed by atoms with E-state index >= 15 is 0 Å². The van der Waals surface area contributed by atoms with Crippen molar-refractivity contribution in [3.63, 3.8) is 0 Å². The lowest BCUT2D eigenvalue weighted by atomic mass is 10.2. The highest BCUT2D eigenvalue weighted by Crippen LogP contribution is 2.18. The summed E-state index contributed by atoms with van der Waals surface area (Å²) in [6.45, 7) is 3.15. The van der Waals surface area contributed by atoms with Crippen LogP contribution in [0.5, 0.6) is 0 Å². The van der Waals surface area contributed by atoms with Crippen molar-refractivity contribution < 1.29 is 13.6 Å². The third-order valence-corrected chi connectivity index (χ3v) is 4.78. The average molecular weight is 380 g/mol. The minimum absolute atomic E-state index is 0.0830. The van der Waals surface area contributed by atoms with Crippen LogP contribution in [0.2, 0.25) is 0 Å². The Morgan fingerprint density at radius 3 is 2.61 bits per heavy atom. The normalized spacial score (nSPS) is 14.2. The second-order valence-corrected chi connectivity index (χ2v) is 6.62. The smallest absolute Gasteiger partial charge is 0.272 e. The molecular formula is C21H21FN4O2. The Morgan fingerprint density at radius 1 is 1.11 bits per heavy atom. The van der Waals surface area contributed by atoms with Gasteiger partial charge in [0.2, 0.25) is 0 Å². The lowest BCUT2D eigenvalue weighted by molar-refractivity contribution is 0.0741. The van der Waals surface area contributed by atoms with E-state index in [9.17, 15) is 9.18 Å². The average Bonchev–Trinajstić information content (AvgIpc) is 3.26. The molecule has 1 saturated heterocycles. The Labute approximate surface area is 162 Å². The fourth-order valence-electron chi connectivity index (χ4n) is 3.24. The molecule has 1 aliphatic heterocycles. The zero-order valence-corrected chi connectivity index (χ0v) is 15.3. The molecule has 0 bridgehead atoms. The van der Waals surface area contributed by atoms with Crippen LogP contribution in [-0.2, 0) is 6.54 Å². The van der Waals surface area contributed by atoms with Crippen molar-refractivity contribution in [1.29, 1.82) is 0 Å². The number of hydrogen-bond acceptors (Lipinski definition) is 5. The molecule has 6 nitrogen and oxygen atoms in total. The first kappa shape index (κ1) is 18.0. The molecule has 4 rings (SSSR count). The van der Waals surface area contributed by atoms with Gasteiger partial charge >= 0.3 is 0 Å². The van der Waals surface area contributed by atoms with E-state index in [1.165, 1.54) is 12.1 Å². The summed E-state index contributed by atoms with van der Waals surface area (Å²) in [5.74, 6) is 0.492. The van der Waals surface area contributed by atoms with Crippen molar-refractivity contribution in [3.8, 4) is 0 Å². The second kappa shape index (κ2) is 8.12. The topological polar surface area (TPSA) is 61.6 Å². The van der Waals surface area contributed by atoms with Crippen LogP contribution in [0.3, 0.4) is 0 Å². The molecule has 1 amide bonds. The van der Waals surface area contributed by atoms with Gasteiger partial charge in [0.05, 0.1) is 12.8 Å². The lowest BCUT2D eigenvalue weighted by Crippen LogP contribution is -2.49. The van der Waals surface area contributed by atoms with E-state index < -0.39 is 0 Å². The maximum absolute atomic E-state index is 13.1. The number of carbonyl (C=O) groups excluding carboxylic acids is 1. The highest BCUT2D eigenvalue weighted by Gasteiger charge is 2.23. The third kappa shape index (κ3) is 4.14. The Balaban J connectivity index is 1.35. The molecule has 0 aliphatic carbocycles. The molecule has 7 heteroatoms. The molecule has 0 radical (unpaired) electrons. The van der Waals surface area contributed by atoms with Gasteiger partial charge in [-0.15, -0.1) is 0 Å². The van der Waals surface area contributed by atoms with Gasteiger partial charge in [0.15, 0.2) is 0 Å². The van der Waals surface area contributed by atoms with Crippen LogP contribution < -0.4 is 10.2 Å². The van der Waals surface area contributed by atoms with E-state index in [1.807, 2.05) is 18.2 Å². The number of anilines is 2. The molecule has 0 atom stereocenters. The van der Waals surface area contributed by atoms with Crippen molar-refractivity contribution in [2.24, 2.45) is 0 Å². The number of halogens is 1. The first-order valence-electron chi connectivity index (χ1n) is 9.21. The van der Waals surface area contributed by atoms with E-state index in [4.69, 9.17) is 4.42 Å². The van der Waals surface area contributed by atoms with Crippen molar-refractivity contribution in [2.45, 2.75) is 6.54 Å². The van der Waals surface area contributed by atoms with E-state index in [2.05, 4.69) is 15.2 Å². The number of benzene rings is 1. The van der Waals surface area contributed by atoms with E-state index in [0.29, 0.717) is 38.4 Å². The fourth-order valence-corrected chi connectivity index (χ4v) is 3.24. The van der Waals surface area contributed by atoms with Gasteiger partial charge in [-0.1, -0.05) is 0 Å². The summed E-state index contributed by atoms with van der Waals surface area (Å²) in [6.07, 6.45) is 3.26. The van der Waals surface area contributed by atoms with Gasteiger partial charge in [-0.3, -0.25) is 9.78 Å². The van der Waals surface area contributed by atoms with E-state index in [1.54, 1.807) is 35.6 Å². The van der Waals surface area contributed by atoms with Gasteiger partial charge < -0.3 is 19.5 Å². The number of furan rings is 1. The minimum atomic E-state index is -0.246. The number of carbonyl (C=O) groups is 1. The molecule has 0 unspecified atom stereocenters. The molecule has 1 fully saturated rings. The summed E-state index contributed by atoms with van der Waals surface area (Å²) in [4.78, 5) is 21.0.